The number of amidine groups is 1. The first-order valence-electron chi connectivity index (χ1n) is 6.92. The van der Waals surface area contributed by atoms with E-state index in [0.717, 1.165) is 0 Å². The highest BCUT2D eigenvalue weighted by atomic mass is 16.3. The molecule has 0 bridgehead atoms. The highest BCUT2D eigenvalue weighted by Crippen LogP contribution is 1.97. The molecule has 0 spiro atoms. The van der Waals surface area contributed by atoms with Crippen LogP contribution in [0.3, 0.4) is 0 Å². The molecule has 1 aromatic heterocycles. The monoisotopic (exact) mass is 299 g/mol. The summed E-state index contributed by atoms with van der Waals surface area (Å²) in [4.78, 5) is 0. The Balaban J connectivity index is 2.81. The molecule has 1 aromatic rings. The molecular formula is C16H21N5O. The first-order chi connectivity index (χ1) is 10.7. The summed E-state index contributed by atoms with van der Waals surface area (Å²) in [5, 5.41) is 25.0. The van der Waals surface area contributed by atoms with Crippen LogP contribution in [0, 0.1) is 0 Å². The molecule has 22 heavy (non-hydrogen) atoms. The Hall–Kier alpha value is -2.60. The molecule has 6 heteroatoms. The van der Waals surface area contributed by atoms with Gasteiger partial charge in [0, 0.05) is 12.7 Å². The summed E-state index contributed by atoms with van der Waals surface area (Å²) in [7, 11) is 0. The molecule has 6 nitrogen and oxygen atoms in total. The molecule has 0 saturated heterocycles. The Labute approximate surface area is 130 Å². The molecule has 0 fully saturated rings. The lowest BCUT2D eigenvalue weighted by Crippen LogP contribution is -2.20. The van der Waals surface area contributed by atoms with Crippen molar-refractivity contribution in [2.75, 3.05) is 6.61 Å². The van der Waals surface area contributed by atoms with Crippen LogP contribution in [-0.4, -0.2) is 22.1 Å². The Morgan fingerprint density at radius 3 is 2.86 bits per heavy atom. The third-order valence-electron chi connectivity index (χ3n) is 2.47. The summed E-state index contributed by atoms with van der Waals surface area (Å²) in [6.07, 6.45) is 9.20. The van der Waals surface area contributed by atoms with E-state index in [-0.39, 0.29) is 6.61 Å². The van der Waals surface area contributed by atoms with Gasteiger partial charge in [-0.15, -0.1) is 20.4 Å². The molecule has 1 rings (SSSR count). The average molecular weight is 299 g/mol. The van der Waals surface area contributed by atoms with Crippen molar-refractivity contribution in [2.24, 2.45) is 20.4 Å². The number of allylic oxidation sites excluding steroid dienone is 4. The zero-order valence-corrected chi connectivity index (χ0v) is 12.9. The summed E-state index contributed by atoms with van der Waals surface area (Å²) in [6.45, 7) is 7.89. The van der Waals surface area contributed by atoms with Gasteiger partial charge in [-0.2, -0.15) is 0 Å². The van der Waals surface area contributed by atoms with Gasteiger partial charge < -0.3 is 9.67 Å². The van der Waals surface area contributed by atoms with Gasteiger partial charge in [-0.25, -0.2) is 0 Å². The van der Waals surface area contributed by atoms with Crippen molar-refractivity contribution in [1.29, 1.82) is 0 Å². The first kappa shape index (κ1) is 17.5. The van der Waals surface area contributed by atoms with E-state index in [4.69, 9.17) is 5.11 Å². The Bertz CT molecular complexity index is 665. The van der Waals surface area contributed by atoms with E-state index in [1.807, 2.05) is 49.5 Å². The topological polar surface area (TPSA) is 74.6 Å². The molecule has 0 aliphatic carbocycles. The quantitative estimate of drug-likeness (QED) is 0.283. The van der Waals surface area contributed by atoms with Crippen LogP contribution in [0.1, 0.15) is 13.8 Å². The van der Waals surface area contributed by atoms with Gasteiger partial charge in [0.15, 0.2) is 11.3 Å². The number of aliphatic hydroxyl groups excluding tert-OH is 1. The van der Waals surface area contributed by atoms with Gasteiger partial charge >= 0.3 is 0 Å². The number of azo groups is 1. The number of hydrogen-bond donors (Lipinski definition) is 1. The van der Waals surface area contributed by atoms with Crippen LogP contribution in [0.4, 0.5) is 0 Å². The SMILES string of the molecule is C=C(/C=C\C=C/C)N=N/C(C)=N/N=c1\ccccn1CCO. The zero-order chi connectivity index (χ0) is 16.2. The van der Waals surface area contributed by atoms with E-state index in [1.54, 1.807) is 17.6 Å². The fraction of sp³-hybridized carbons (Fsp3) is 0.250. The fourth-order valence-corrected chi connectivity index (χ4v) is 1.45. The van der Waals surface area contributed by atoms with Crippen LogP contribution in [0.15, 0.2) is 81.4 Å². The minimum atomic E-state index is 0.0397. The molecule has 116 valence electrons. The largest absolute Gasteiger partial charge is 0.395 e. The van der Waals surface area contributed by atoms with E-state index in [0.29, 0.717) is 23.6 Å². The van der Waals surface area contributed by atoms with Crippen LogP contribution in [-0.2, 0) is 6.54 Å². The van der Waals surface area contributed by atoms with Crippen LogP contribution in [0.25, 0.3) is 0 Å². The summed E-state index contributed by atoms with van der Waals surface area (Å²) < 4.78 is 1.80. The van der Waals surface area contributed by atoms with Crippen molar-refractivity contribution in [1.82, 2.24) is 4.57 Å². The van der Waals surface area contributed by atoms with Crippen molar-refractivity contribution in [3.8, 4) is 0 Å². The maximum absolute atomic E-state index is 9.00. The lowest BCUT2D eigenvalue weighted by molar-refractivity contribution is 0.273. The minimum Gasteiger partial charge on any atom is -0.395 e. The Morgan fingerprint density at radius 2 is 2.14 bits per heavy atom. The van der Waals surface area contributed by atoms with Crippen LogP contribution in [0.2, 0.25) is 0 Å². The average Bonchev–Trinajstić information content (AvgIpc) is 2.52. The fourth-order valence-electron chi connectivity index (χ4n) is 1.45. The van der Waals surface area contributed by atoms with E-state index in [1.165, 1.54) is 0 Å². The smallest absolute Gasteiger partial charge is 0.170 e. The number of nitrogens with zero attached hydrogens (tertiary/aromatic N) is 5. The normalized spacial score (nSPS) is 13.8. The maximum Gasteiger partial charge on any atom is 0.170 e. The second-order valence-electron chi connectivity index (χ2n) is 4.30. The molecule has 1 heterocycles. The van der Waals surface area contributed by atoms with Gasteiger partial charge in [0.1, 0.15) is 0 Å². The van der Waals surface area contributed by atoms with Crippen molar-refractivity contribution < 1.29 is 5.11 Å². The predicted molar refractivity (Wildman–Crippen MR) is 88.1 cm³/mol. The molecule has 0 aliphatic heterocycles. The molecule has 0 amide bonds. The van der Waals surface area contributed by atoms with Gasteiger partial charge in [0.05, 0.1) is 12.3 Å². The minimum absolute atomic E-state index is 0.0397. The number of rotatable bonds is 6. The lowest BCUT2D eigenvalue weighted by atomic mass is 10.4. The van der Waals surface area contributed by atoms with Crippen LogP contribution >= 0.6 is 0 Å². The molecule has 0 radical (unpaired) electrons. The number of aliphatic hydroxyl groups is 1. The molecule has 0 aliphatic rings. The van der Waals surface area contributed by atoms with Gasteiger partial charge in [-0.3, -0.25) is 0 Å². The van der Waals surface area contributed by atoms with Crippen LogP contribution in [0.5, 0.6) is 0 Å². The third kappa shape index (κ3) is 6.71. The van der Waals surface area contributed by atoms with Gasteiger partial charge in [0.25, 0.3) is 0 Å². The van der Waals surface area contributed by atoms with E-state index in [9.17, 15) is 0 Å². The molecule has 0 saturated carbocycles. The van der Waals surface area contributed by atoms with E-state index in [2.05, 4.69) is 27.0 Å². The second kappa shape index (κ2) is 10.2. The zero-order valence-electron chi connectivity index (χ0n) is 12.9. The third-order valence-corrected chi connectivity index (χ3v) is 2.47. The molecule has 1 N–H and O–H groups in total. The summed E-state index contributed by atoms with van der Waals surface area (Å²) in [6, 6.07) is 5.53. The van der Waals surface area contributed by atoms with Crippen molar-refractivity contribution in [2.45, 2.75) is 20.4 Å². The second-order valence-corrected chi connectivity index (χ2v) is 4.30. The molecular weight excluding hydrogens is 278 g/mol. The van der Waals surface area contributed by atoms with Gasteiger partial charge in [-0.05, 0) is 32.1 Å². The predicted octanol–water partition coefficient (Wildman–Crippen LogP) is 2.81. The molecule has 0 unspecified atom stereocenters. The first-order valence-corrected chi connectivity index (χ1v) is 6.92. The van der Waals surface area contributed by atoms with Crippen molar-refractivity contribution in [3.63, 3.8) is 0 Å². The van der Waals surface area contributed by atoms with Crippen molar-refractivity contribution in [3.05, 3.63) is 66.5 Å². The number of aromatic nitrogens is 1. The highest BCUT2D eigenvalue weighted by molar-refractivity contribution is 5.79. The summed E-state index contributed by atoms with van der Waals surface area (Å²) >= 11 is 0. The van der Waals surface area contributed by atoms with Gasteiger partial charge in [-0.1, -0.05) is 30.9 Å². The van der Waals surface area contributed by atoms with Crippen LogP contribution < -0.4 is 5.49 Å². The van der Waals surface area contributed by atoms with E-state index >= 15 is 0 Å². The standard InChI is InChI=1S/C16H21N5O/c1-4-5-6-9-14(2)17-18-15(3)19-20-16-10-7-8-11-21(16)12-13-22/h4-11,22H,2,12-13H2,1,3H3/b5-4-,9-6-,18-17?,19-15+,20-16+. The number of pyridine rings is 1. The van der Waals surface area contributed by atoms with E-state index < -0.39 is 0 Å². The highest BCUT2D eigenvalue weighted by Gasteiger charge is 1.91. The Morgan fingerprint density at radius 1 is 1.32 bits per heavy atom. The lowest BCUT2D eigenvalue weighted by Gasteiger charge is -2.02. The molecule has 0 aromatic carbocycles. The van der Waals surface area contributed by atoms with Crippen molar-refractivity contribution >= 4 is 5.84 Å². The number of hydrogen-bond acceptors (Lipinski definition) is 4. The van der Waals surface area contributed by atoms with Gasteiger partial charge in [0.2, 0.25) is 0 Å². The molecule has 0 atom stereocenters. The summed E-state index contributed by atoms with van der Waals surface area (Å²) in [5.41, 5.74) is 1.17. The Kier molecular flexibility index (Phi) is 8.07. The summed E-state index contributed by atoms with van der Waals surface area (Å²) in [5.74, 6) is 0.417. The maximum atomic E-state index is 9.00.